The summed E-state index contributed by atoms with van der Waals surface area (Å²) in [5.41, 5.74) is 1.08. The van der Waals surface area contributed by atoms with Crippen LogP contribution < -0.4 is 0 Å². The van der Waals surface area contributed by atoms with Crippen molar-refractivity contribution in [3.05, 3.63) is 29.8 Å². The lowest BCUT2D eigenvalue weighted by Crippen LogP contribution is -2.05. The molecule has 3 heteroatoms. The molecule has 0 fully saturated rings. The first-order valence-electron chi connectivity index (χ1n) is 4.35. The van der Waals surface area contributed by atoms with Crippen molar-refractivity contribution in [1.29, 1.82) is 0 Å². The van der Waals surface area contributed by atoms with E-state index in [0.29, 0.717) is 11.3 Å². The zero-order chi connectivity index (χ0) is 9.90. The van der Waals surface area contributed by atoms with Crippen molar-refractivity contribution in [2.45, 2.75) is 25.2 Å². The lowest BCUT2D eigenvalue weighted by molar-refractivity contribution is 0.594. The molecule has 0 unspecified atom stereocenters. The summed E-state index contributed by atoms with van der Waals surface area (Å²) in [5.74, 6) is 0.232. The van der Waals surface area contributed by atoms with Crippen molar-refractivity contribution >= 4 is 9.84 Å². The Morgan fingerprint density at radius 1 is 1.15 bits per heavy atom. The van der Waals surface area contributed by atoms with E-state index in [2.05, 4.69) is 0 Å². The highest BCUT2D eigenvalue weighted by Gasteiger charge is 2.11. The van der Waals surface area contributed by atoms with E-state index in [1.807, 2.05) is 26.0 Å². The van der Waals surface area contributed by atoms with Gasteiger partial charge in [-0.05, 0) is 25.5 Å². The van der Waals surface area contributed by atoms with Gasteiger partial charge in [0, 0.05) is 0 Å². The number of aryl methyl sites for hydroxylation is 1. The van der Waals surface area contributed by atoms with E-state index in [4.69, 9.17) is 0 Å². The first kappa shape index (κ1) is 10.3. The van der Waals surface area contributed by atoms with Crippen molar-refractivity contribution < 1.29 is 8.42 Å². The highest BCUT2D eigenvalue weighted by Crippen LogP contribution is 2.12. The van der Waals surface area contributed by atoms with Crippen LogP contribution in [0, 0.1) is 6.92 Å². The molecular weight excluding hydrogens is 184 g/mol. The molecule has 72 valence electrons. The average Bonchev–Trinajstić information content (AvgIpc) is 2.05. The summed E-state index contributed by atoms with van der Waals surface area (Å²) >= 11 is 0. The molecule has 0 saturated heterocycles. The van der Waals surface area contributed by atoms with Crippen LogP contribution in [0.15, 0.2) is 29.2 Å². The molecule has 0 aliphatic heterocycles. The van der Waals surface area contributed by atoms with Gasteiger partial charge in [-0.3, -0.25) is 0 Å². The molecule has 0 amide bonds. The molecule has 1 aromatic rings. The van der Waals surface area contributed by atoms with E-state index in [-0.39, 0.29) is 5.75 Å². The van der Waals surface area contributed by atoms with Gasteiger partial charge in [-0.15, -0.1) is 0 Å². The molecule has 0 atom stereocenters. The van der Waals surface area contributed by atoms with Gasteiger partial charge in [0.25, 0.3) is 0 Å². The lowest BCUT2D eigenvalue weighted by Gasteiger charge is -2.02. The second-order valence-corrected chi connectivity index (χ2v) is 5.24. The minimum Gasteiger partial charge on any atom is -0.224 e. The Morgan fingerprint density at radius 2 is 1.69 bits per heavy atom. The number of sulfone groups is 1. The van der Waals surface area contributed by atoms with Crippen molar-refractivity contribution in [1.82, 2.24) is 0 Å². The molecule has 0 saturated carbocycles. The van der Waals surface area contributed by atoms with E-state index >= 15 is 0 Å². The SMILES string of the molecule is CCCS(=O)(=O)c1ccc(C)cc1. The van der Waals surface area contributed by atoms with E-state index in [9.17, 15) is 8.42 Å². The highest BCUT2D eigenvalue weighted by molar-refractivity contribution is 7.91. The van der Waals surface area contributed by atoms with Crippen LogP contribution in [0.1, 0.15) is 18.9 Å². The molecule has 1 rings (SSSR count). The van der Waals surface area contributed by atoms with Crippen molar-refractivity contribution in [3.63, 3.8) is 0 Å². The Hall–Kier alpha value is -0.830. The van der Waals surface area contributed by atoms with Gasteiger partial charge in [-0.1, -0.05) is 24.6 Å². The van der Waals surface area contributed by atoms with Gasteiger partial charge < -0.3 is 0 Å². The maximum Gasteiger partial charge on any atom is 0.178 e. The van der Waals surface area contributed by atoms with Gasteiger partial charge in [0.05, 0.1) is 10.6 Å². The second-order valence-electron chi connectivity index (χ2n) is 3.13. The van der Waals surface area contributed by atoms with E-state index in [0.717, 1.165) is 5.56 Å². The molecule has 0 heterocycles. The second kappa shape index (κ2) is 3.92. The Labute approximate surface area is 79.5 Å². The summed E-state index contributed by atoms with van der Waals surface area (Å²) in [6.45, 7) is 3.81. The van der Waals surface area contributed by atoms with Gasteiger partial charge in [0.1, 0.15) is 0 Å². The smallest absolute Gasteiger partial charge is 0.178 e. The topological polar surface area (TPSA) is 34.1 Å². The first-order chi connectivity index (χ1) is 6.06. The van der Waals surface area contributed by atoms with Gasteiger partial charge in [0.2, 0.25) is 0 Å². The molecular formula is C10H14O2S. The molecule has 0 radical (unpaired) electrons. The largest absolute Gasteiger partial charge is 0.224 e. The van der Waals surface area contributed by atoms with Crippen LogP contribution in [-0.2, 0) is 9.84 Å². The van der Waals surface area contributed by atoms with Crippen LogP contribution in [0.3, 0.4) is 0 Å². The summed E-state index contributed by atoms with van der Waals surface area (Å²) < 4.78 is 23.1. The predicted octanol–water partition coefficient (Wildman–Crippen LogP) is 2.18. The molecule has 2 nitrogen and oxygen atoms in total. The molecule has 0 aliphatic rings. The minimum atomic E-state index is -3.03. The van der Waals surface area contributed by atoms with Gasteiger partial charge in [0.15, 0.2) is 9.84 Å². The van der Waals surface area contributed by atoms with Crippen LogP contribution in [0.25, 0.3) is 0 Å². The summed E-state index contributed by atoms with van der Waals surface area (Å²) in [6.07, 6.45) is 0.663. The zero-order valence-electron chi connectivity index (χ0n) is 7.95. The molecule has 13 heavy (non-hydrogen) atoms. The normalized spacial score (nSPS) is 11.5. The Kier molecular flexibility index (Phi) is 3.09. The predicted molar refractivity (Wildman–Crippen MR) is 53.5 cm³/mol. The average molecular weight is 198 g/mol. The van der Waals surface area contributed by atoms with Gasteiger partial charge >= 0.3 is 0 Å². The maximum absolute atomic E-state index is 11.5. The minimum absolute atomic E-state index is 0.232. The fourth-order valence-corrected chi connectivity index (χ4v) is 2.46. The van der Waals surface area contributed by atoms with Crippen molar-refractivity contribution in [2.24, 2.45) is 0 Å². The fourth-order valence-electron chi connectivity index (χ4n) is 1.13. The Morgan fingerprint density at radius 3 is 2.15 bits per heavy atom. The van der Waals surface area contributed by atoms with Crippen LogP contribution in [0.5, 0.6) is 0 Å². The van der Waals surface area contributed by atoms with Crippen LogP contribution in [-0.4, -0.2) is 14.2 Å². The third-order valence-corrected chi connectivity index (χ3v) is 3.79. The molecule has 0 N–H and O–H groups in total. The van der Waals surface area contributed by atoms with E-state index in [1.54, 1.807) is 12.1 Å². The summed E-state index contributed by atoms with van der Waals surface area (Å²) in [5, 5.41) is 0. The Balaban J connectivity index is 3.02. The highest BCUT2D eigenvalue weighted by atomic mass is 32.2. The molecule has 0 spiro atoms. The fraction of sp³-hybridized carbons (Fsp3) is 0.400. The number of hydrogen-bond acceptors (Lipinski definition) is 2. The van der Waals surface area contributed by atoms with E-state index < -0.39 is 9.84 Å². The number of benzene rings is 1. The maximum atomic E-state index is 11.5. The summed E-state index contributed by atoms with van der Waals surface area (Å²) in [4.78, 5) is 0.431. The van der Waals surface area contributed by atoms with Crippen molar-refractivity contribution in [2.75, 3.05) is 5.75 Å². The summed E-state index contributed by atoms with van der Waals surface area (Å²) in [7, 11) is -3.03. The third kappa shape index (κ3) is 2.56. The van der Waals surface area contributed by atoms with Crippen LogP contribution in [0.4, 0.5) is 0 Å². The molecule has 1 aromatic carbocycles. The standard InChI is InChI=1S/C10H14O2S/c1-3-8-13(11,12)10-6-4-9(2)5-7-10/h4-7H,3,8H2,1-2H3. The van der Waals surface area contributed by atoms with Crippen molar-refractivity contribution in [3.8, 4) is 0 Å². The molecule has 0 bridgehead atoms. The number of rotatable bonds is 3. The quantitative estimate of drug-likeness (QED) is 0.746. The van der Waals surface area contributed by atoms with E-state index in [1.165, 1.54) is 0 Å². The van der Waals surface area contributed by atoms with Gasteiger partial charge in [-0.2, -0.15) is 0 Å². The molecule has 0 aliphatic carbocycles. The van der Waals surface area contributed by atoms with Gasteiger partial charge in [-0.25, -0.2) is 8.42 Å². The summed E-state index contributed by atoms with van der Waals surface area (Å²) in [6, 6.07) is 6.98. The van der Waals surface area contributed by atoms with Crippen LogP contribution in [0.2, 0.25) is 0 Å². The first-order valence-corrected chi connectivity index (χ1v) is 6.01. The number of hydrogen-bond donors (Lipinski definition) is 0. The third-order valence-electron chi connectivity index (χ3n) is 1.85. The Bertz CT molecular complexity index is 362. The monoisotopic (exact) mass is 198 g/mol. The van der Waals surface area contributed by atoms with Crippen LogP contribution >= 0.6 is 0 Å². The zero-order valence-corrected chi connectivity index (χ0v) is 8.76. The molecule has 0 aromatic heterocycles. The lowest BCUT2D eigenvalue weighted by atomic mass is 10.2.